The van der Waals surface area contributed by atoms with Crippen LogP contribution in [0.15, 0.2) is 42.4 Å². The van der Waals surface area contributed by atoms with E-state index in [0.717, 1.165) is 31.7 Å². The molecular weight excluding hydrogens is 358 g/mol. The first kappa shape index (κ1) is 18.6. The summed E-state index contributed by atoms with van der Waals surface area (Å²) in [5.41, 5.74) is 1.84. The number of Topliss-reactive ketones (excluding diaryl/α,β-unsaturated/α-hetero) is 1. The highest BCUT2D eigenvalue weighted by Gasteiger charge is 2.31. The van der Waals surface area contributed by atoms with Crippen LogP contribution in [0.3, 0.4) is 0 Å². The quantitative estimate of drug-likeness (QED) is 0.677. The number of β-amino-alcohol motifs (C(OH)–C–C–N with tert-alkyl or cyclic N) is 1. The highest BCUT2D eigenvalue weighted by molar-refractivity contribution is 6.14. The Labute approximate surface area is 163 Å². The van der Waals surface area contributed by atoms with E-state index < -0.39 is 0 Å². The number of carbonyl (C=O) groups is 1. The molecule has 0 spiro atoms. The van der Waals surface area contributed by atoms with Gasteiger partial charge in [-0.25, -0.2) is 0 Å². The second kappa shape index (κ2) is 8.10. The summed E-state index contributed by atoms with van der Waals surface area (Å²) in [6, 6.07) is 6.61. The number of aromatic nitrogens is 1. The normalized spacial score (nSPS) is 19.0. The van der Waals surface area contributed by atoms with Crippen molar-refractivity contribution in [1.29, 1.82) is 0 Å². The molecule has 2 aliphatic rings. The van der Waals surface area contributed by atoms with Gasteiger partial charge in [0.15, 0.2) is 5.76 Å². The predicted octanol–water partition coefficient (Wildman–Crippen LogP) is -0.536. The zero-order valence-electron chi connectivity index (χ0n) is 15.6. The summed E-state index contributed by atoms with van der Waals surface area (Å²) in [4.78, 5) is 20.2. The van der Waals surface area contributed by atoms with Gasteiger partial charge in [0.05, 0.1) is 25.3 Å². The van der Waals surface area contributed by atoms with E-state index >= 15 is 0 Å². The third-order valence-corrected chi connectivity index (χ3v) is 5.31. The number of piperazine rings is 1. The van der Waals surface area contributed by atoms with Crippen molar-refractivity contribution in [2.45, 2.75) is 6.54 Å². The monoisotopic (exact) mass is 381 g/mol. The summed E-state index contributed by atoms with van der Waals surface area (Å²) in [6.45, 7) is 4.91. The number of rotatable bonds is 5. The SMILES string of the molecule is O=C1/C(=C/c2ccncc2)Oc2c1ccc([O-])c2C[NH+]1CCN(CCO)CC1. The van der Waals surface area contributed by atoms with Crippen LogP contribution < -0.4 is 14.7 Å². The summed E-state index contributed by atoms with van der Waals surface area (Å²) in [6.07, 6.45) is 4.98. The third-order valence-electron chi connectivity index (χ3n) is 5.31. The van der Waals surface area contributed by atoms with Crippen molar-refractivity contribution in [1.82, 2.24) is 9.88 Å². The number of aliphatic hydroxyl groups is 1. The van der Waals surface area contributed by atoms with Crippen LogP contribution in [0, 0.1) is 0 Å². The molecule has 2 aromatic rings. The maximum Gasteiger partial charge on any atom is 0.231 e. The van der Waals surface area contributed by atoms with Gasteiger partial charge in [0.1, 0.15) is 12.3 Å². The van der Waals surface area contributed by atoms with E-state index in [1.54, 1.807) is 36.7 Å². The van der Waals surface area contributed by atoms with Gasteiger partial charge in [0.25, 0.3) is 0 Å². The summed E-state index contributed by atoms with van der Waals surface area (Å²) in [7, 11) is 0. The van der Waals surface area contributed by atoms with Crippen LogP contribution in [0.1, 0.15) is 21.5 Å². The topological polar surface area (TPSA) is 90.2 Å². The fraction of sp³-hybridized carbons (Fsp3) is 0.333. The molecule has 0 aliphatic carbocycles. The molecule has 2 aliphatic heterocycles. The van der Waals surface area contributed by atoms with E-state index in [2.05, 4.69) is 9.88 Å². The lowest BCUT2D eigenvalue weighted by molar-refractivity contribution is -0.918. The number of hydrogen-bond donors (Lipinski definition) is 2. The van der Waals surface area contributed by atoms with Crippen LogP contribution in [-0.2, 0) is 6.54 Å². The van der Waals surface area contributed by atoms with Gasteiger partial charge in [-0.3, -0.25) is 14.7 Å². The summed E-state index contributed by atoms with van der Waals surface area (Å²) >= 11 is 0. The van der Waals surface area contributed by atoms with Crippen molar-refractivity contribution in [3.05, 3.63) is 59.1 Å². The lowest BCUT2D eigenvalue weighted by atomic mass is 10.0. The van der Waals surface area contributed by atoms with Crippen LogP contribution in [-0.4, -0.2) is 60.1 Å². The fourth-order valence-corrected chi connectivity index (χ4v) is 3.73. The average molecular weight is 381 g/mol. The van der Waals surface area contributed by atoms with Crippen molar-refractivity contribution in [3.8, 4) is 11.5 Å². The van der Waals surface area contributed by atoms with Crippen molar-refractivity contribution < 1.29 is 24.6 Å². The Bertz CT molecular complexity index is 890. The van der Waals surface area contributed by atoms with Gasteiger partial charge in [0.2, 0.25) is 5.78 Å². The number of ether oxygens (including phenoxy) is 1. The first-order valence-electron chi connectivity index (χ1n) is 9.49. The van der Waals surface area contributed by atoms with E-state index in [0.29, 0.717) is 30.0 Å². The summed E-state index contributed by atoms with van der Waals surface area (Å²) < 4.78 is 5.87. The smallest absolute Gasteiger partial charge is 0.231 e. The molecule has 7 heteroatoms. The van der Waals surface area contributed by atoms with Gasteiger partial charge < -0.3 is 19.8 Å². The van der Waals surface area contributed by atoms with Gasteiger partial charge in [-0.05, 0) is 29.8 Å². The fourth-order valence-electron chi connectivity index (χ4n) is 3.73. The first-order valence-corrected chi connectivity index (χ1v) is 9.49. The maximum atomic E-state index is 12.7. The lowest BCUT2D eigenvalue weighted by Gasteiger charge is -2.32. The summed E-state index contributed by atoms with van der Waals surface area (Å²) in [5, 5.41) is 21.6. The van der Waals surface area contributed by atoms with Crippen molar-refractivity contribution >= 4 is 11.9 Å². The van der Waals surface area contributed by atoms with Crippen LogP contribution >= 0.6 is 0 Å². The van der Waals surface area contributed by atoms with E-state index in [1.807, 2.05) is 0 Å². The predicted molar refractivity (Wildman–Crippen MR) is 101 cm³/mol. The molecule has 0 unspecified atom stereocenters. The molecule has 1 fully saturated rings. The highest BCUT2D eigenvalue weighted by atomic mass is 16.5. The largest absolute Gasteiger partial charge is 0.872 e. The molecule has 1 saturated heterocycles. The molecule has 0 bridgehead atoms. The molecule has 2 N–H and O–H groups in total. The number of pyridine rings is 1. The molecule has 0 atom stereocenters. The van der Waals surface area contributed by atoms with E-state index in [4.69, 9.17) is 9.84 Å². The minimum atomic E-state index is -0.198. The number of allylic oxidation sites excluding steroid dienone is 1. The average Bonchev–Trinajstić information content (AvgIpc) is 3.02. The number of carbonyl (C=O) groups excluding carboxylic acids is 1. The van der Waals surface area contributed by atoms with Crippen molar-refractivity contribution in [2.24, 2.45) is 0 Å². The zero-order chi connectivity index (χ0) is 19.5. The zero-order valence-corrected chi connectivity index (χ0v) is 15.6. The Morgan fingerprint density at radius 3 is 2.68 bits per heavy atom. The third kappa shape index (κ3) is 3.77. The molecule has 3 heterocycles. The van der Waals surface area contributed by atoms with Crippen LogP contribution in [0.25, 0.3) is 6.08 Å². The van der Waals surface area contributed by atoms with Crippen LogP contribution in [0.4, 0.5) is 0 Å². The second-order valence-corrected chi connectivity index (χ2v) is 7.13. The molecule has 4 rings (SSSR count). The number of fused-ring (bicyclic) bond motifs is 1. The molecule has 1 aromatic heterocycles. The van der Waals surface area contributed by atoms with E-state index in [-0.39, 0.29) is 23.9 Å². The van der Waals surface area contributed by atoms with Gasteiger partial charge in [0, 0.05) is 37.6 Å². The minimum Gasteiger partial charge on any atom is -0.872 e. The van der Waals surface area contributed by atoms with Crippen LogP contribution in [0.2, 0.25) is 0 Å². The van der Waals surface area contributed by atoms with Gasteiger partial charge in [-0.1, -0.05) is 11.8 Å². The van der Waals surface area contributed by atoms with Gasteiger partial charge >= 0.3 is 0 Å². The summed E-state index contributed by atoms with van der Waals surface area (Å²) in [5.74, 6) is 0.344. The van der Waals surface area contributed by atoms with Crippen LogP contribution in [0.5, 0.6) is 11.5 Å². The number of aliphatic hydroxyl groups excluding tert-OH is 1. The number of benzene rings is 1. The molecule has 0 radical (unpaired) electrons. The van der Waals surface area contributed by atoms with Gasteiger partial charge in [-0.15, -0.1) is 0 Å². The standard InChI is InChI=1S/C21H23N3O4/c25-12-11-23-7-9-24(10-8-23)14-17-18(26)2-1-16-20(27)19(28-21(16)17)13-15-3-5-22-6-4-15/h1-6,13,25-26H,7-12,14H2/b19-13-. The number of quaternary nitrogens is 1. The Morgan fingerprint density at radius 2 is 1.96 bits per heavy atom. The molecule has 28 heavy (non-hydrogen) atoms. The molecule has 0 saturated carbocycles. The molecule has 0 amide bonds. The van der Waals surface area contributed by atoms with Crippen molar-refractivity contribution in [2.75, 3.05) is 39.3 Å². The Kier molecular flexibility index (Phi) is 5.38. The van der Waals surface area contributed by atoms with E-state index in [1.165, 1.54) is 11.0 Å². The Morgan fingerprint density at radius 1 is 1.21 bits per heavy atom. The number of nitrogens with one attached hydrogen (secondary N) is 1. The molecule has 146 valence electrons. The highest BCUT2D eigenvalue weighted by Crippen LogP contribution is 2.38. The molecule has 7 nitrogen and oxygen atoms in total. The van der Waals surface area contributed by atoms with Crippen molar-refractivity contribution in [3.63, 3.8) is 0 Å². The van der Waals surface area contributed by atoms with E-state index in [9.17, 15) is 9.90 Å². The number of nitrogens with zero attached hydrogens (tertiary/aromatic N) is 2. The van der Waals surface area contributed by atoms with Gasteiger partial charge in [-0.2, -0.15) is 0 Å². The Hall–Kier alpha value is -2.74. The lowest BCUT2D eigenvalue weighted by Crippen LogP contribution is -3.13. The number of hydrogen-bond acceptors (Lipinski definition) is 6. The first-order chi connectivity index (χ1) is 13.7. The maximum absolute atomic E-state index is 12.7. The molecular formula is C21H23N3O4. The minimum absolute atomic E-state index is 0.0954. The molecule has 1 aromatic carbocycles. The second-order valence-electron chi connectivity index (χ2n) is 7.13. The number of ketones is 1. The Balaban J connectivity index is 1.54.